The van der Waals surface area contributed by atoms with Gasteiger partial charge in [0.15, 0.2) is 0 Å². The number of hydrogen-bond acceptors (Lipinski definition) is 3. The van der Waals surface area contributed by atoms with Crippen LogP contribution in [0.2, 0.25) is 0 Å². The minimum absolute atomic E-state index is 0.275. The predicted octanol–water partition coefficient (Wildman–Crippen LogP) is 2.41. The minimum atomic E-state index is -2.09. The molecule has 0 saturated heterocycles. The molecule has 0 fully saturated rings. The number of alkyl halides is 1. The van der Waals surface area contributed by atoms with Crippen LogP contribution in [0.15, 0.2) is 30.3 Å². The van der Waals surface area contributed by atoms with E-state index in [2.05, 4.69) is 0 Å². The molecule has 0 aliphatic carbocycles. The van der Waals surface area contributed by atoms with Gasteiger partial charge in [-0.2, -0.15) is 0 Å². The molecule has 0 aliphatic rings. The number of carbonyl (C=O) groups is 1. The maximum Gasteiger partial charge on any atom is 0.359 e. The number of aliphatic hydroxyl groups is 1. The van der Waals surface area contributed by atoms with Gasteiger partial charge in [-0.3, -0.25) is 0 Å². The highest BCUT2D eigenvalue weighted by molar-refractivity contribution is 6.32. The number of halogens is 1. The van der Waals surface area contributed by atoms with Crippen molar-refractivity contribution in [3.05, 3.63) is 35.9 Å². The van der Waals surface area contributed by atoms with E-state index in [1.54, 1.807) is 30.3 Å². The third-order valence-corrected chi connectivity index (χ3v) is 2.53. The zero-order chi connectivity index (χ0) is 12.0. The zero-order valence-corrected chi connectivity index (χ0v) is 9.91. The molecule has 1 N–H and O–H groups in total. The molecule has 0 radical (unpaired) electrons. The number of carbonyl (C=O) groups excluding carboxylic acids is 1. The van der Waals surface area contributed by atoms with Gasteiger partial charge in [0, 0.05) is 5.56 Å². The van der Waals surface area contributed by atoms with Crippen LogP contribution >= 0.6 is 11.6 Å². The fraction of sp³-hybridized carbons (Fsp3) is 0.417. The summed E-state index contributed by atoms with van der Waals surface area (Å²) in [4.78, 5) is 11.5. The Balaban J connectivity index is 2.66. The molecule has 0 saturated carbocycles. The van der Waals surface area contributed by atoms with Crippen LogP contribution in [-0.4, -0.2) is 17.7 Å². The maximum absolute atomic E-state index is 11.5. The lowest BCUT2D eigenvalue weighted by atomic mass is 10.1. The standard InChI is InChI=1S/C12H15ClO3/c1-2-3-9-16-11(14)12(13,15)10-7-5-4-6-8-10/h4-8,15H,2-3,9H2,1H3/t12-/m0/s1. The largest absolute Gasteiger partial charge is 0.462 e. The molecule has 3 nitrogen and oxygen atoms in total. The van der Waals surface area contributed by atoms with E-state index in [0.717, 1.165) is 12.8 Å². The van der Waals surface area contributed by atoms with Gasteiger partial charge < -0.3 is 9.84 Å². The van der Waals surface area contributed by atoms with Crippen molar-refractivity contribution in [2.45, 2.75) is 24.8 Å². The molecule has 0 amide bonds. The number of hydrogen-bond donors (Lipinski definition) is 1. The Bertz CT molecular complexity index is 335. The van der Waals surface area contributed by atoms with Gasteiger partial charge in [-0.1, -0.05) is 55.3 Å². The van der Waals surface area contributed by atoms with Gasteiger partial charge in [0.05, 0.1) is 6.61 Å². The monoisotopic (exact) mass is 242 g/mol. The fourth-order valence-electron chi connectivity index (χ4n) is 1.18. The molecule has 1 aromatic carbocycles. The average molecular weight is 243 g/mol. The van der Waals surface area contributed by atoms with Crippen LogP contribution in [0.25, 0.3) is 0 Å². The van der Waals surface area contributed by atoms with Gasteiger partial charge in [-0.05, 0) is 6.42 Å². The van der Waals surface area contributed by atoms with Crippen LogP contribution in [0.4, 0.5) is 0 Å². The number of benzene rings is 1. The van der Waals surface area contributed by atoms with E-state index in [1.807, 2.05) is 6.92 Å². The number of rotatable bonds is 5. The first-order valence-corrected chi connectivity index (χ1v) is 5.61. The summed E-state index contributed by atoms with van der Waals surface area (Å²) in [5.41, 5.74) is 0.318. The van der Waals surface area contributed by atoms with E-state index >= 15 is 0 Å². The molecule has 16 heavy (non-hydrogen) atoms. The molecule has 1 rings (SSSR count). The quantitative estimate of drug-likeness (QED) is 0.490. The Morgan fingerprint density at radius 2 is 2.06 bits per heavy atom. The fourth-order valence-corrected chi connectivity index (χ4v) is 1.36. The van der Waals surface area contributed by atoms with E-state index in [-0.39, 0.29) is 6.61 Å². The Labute approximate surface area is 100.0 Å². The van der Waals surface area contributed by atoms with E-state index in [9.17, 15) is 9.90 Å². The number of ether oxygens (including phenoxy) is 1. The molecule has 88 valence electrons. The molecular formula is C12H15ClO3. The van der Waals surface area contributed by atoms with E-state index in [4.69, 9.17) is 16.3 Å². The van der Waals surface area contributed by atoms with Crippen LogP contribution in [0.1, 0.15) is 25.3 Å². The second-order valence-corrected chi connectivity index (χ2v) is 4.02. The molecule has 0 bridgehead atoms. The van der Waals surface area contributed by atoms with Crippen LogP contribution in [0.3, 0.4) is 0 Å². The summed E-state index contributed by atoms with van der Waals surface area (Å²) in [5, 5.41) is 7.76. The van der Waals surface area contributed by atoms with Crippen molar-refractivity contribution in [1.82, 2.24) is 0 Å². The van der Waals surface area contributed by atoms with Crippen LogP contribution in [0.5, 0.6) is 0 Å². The highest BCUT2D eigenvalue weighted by atomic mass is 35.5. The smallest absolute Gasteiger partial charge is 0.359 e. The second kappa shape index (κ2) is 5.87. The first-order valence-electron chi connectivity index (χ1n) is 5.23. The van der Waals surface area contributed by atoms with Gasteiger partial charge in [0.1, 0.15) is 0 Å². The Hall–Kier alpha value is -1.06. The number of esters is 1. The van der Waals surface area contributed by atoms with Crippen molar-refractivity contribution in [3.63, 3.8) is 0 Å². The minimum Gasteiger partial charge on any atom is -0.462 e. The van der Waals surface area contributed by atoms with Gasteiger partial charge in [-0.25, -0.2) is 4.79 Å². The van der Waals surface area contributed by atoms with Gasteiger partial charge >= 0.3 is 5.97 Å². The van der Waals surface area contributed by atoms with Gasteiger partial charge in [0.25, 0.3) is 5.06 Å². The van der Waals surface area contributed by atoms with E-state index in [1.165, 1.54) is 0 Å². The lowest BCUT2D eigenvalue weighted by Crippen LogP contribution is -2.31. The highest BCUT2D eigenvalue weighted by Crippen LogP contribution is 2.27. The molecule has 0 aliphatic heterocycles. The van der Waals surface area contributed by atoms with Crippen molar-refractivity contribution in [2.24, 2.45) is 0 Å². The summed E-state index contributed by atoms with van der Waals surface area (Å²) >= 11 is 5.77. The van der Waals surface area contributed by atoms with Crippen molar-refractivity contribution >= 4 is 17.6 Å². The molecule has 4 heteroatoms. The summed E-state index contributed by atoms with van der Waals surface area (Å²) in [6.45, 7) is 2.26. The third-order valence-electron chi connectivity index (χ3n) is 2.16. The van der Waals surface area contributed by atoms with Crippen LogP contribution in [-0.2, 0) is 14.6 Å². The Kier molecular flexibility index (Phi) is 4.77. The predicted molar refractivity (Wildman–Crippen MR) is 62.1 cm³/mol. The molecule has 0 spiro atoms. The maximum atomic E-state index is 11.5. The van der Waals surface area contributed by atoms with Crippen LogP contribution < -0.4 is 0 Å². The summed E-state index contributed by atoms with van der Waals surface area (Å²) in [5.74, 6) is -0.825. The lowest BCUT2D eigenvalue weighted by Gasteiger charge is -2.19. The molecule has 1 atom stereocenters. The average Bonchev–Trinajstić information content (AvgIpc) is 2.30. The summed E-state index contributed by atoms with van der Waals surface area (Å²) in [6, 6.07) is 8.32. The lowest BCUT2D eigenvalue weighted by molar-refractivity contribution is -0.158. The topological polar surface area (TPSA) is 46.5 Å². The first-order chi connectivity index (χ1) is 7.59. The van der Waals surface area contributed by atoms with E-state index in [0.29, 0.717) is 5.56 Å². The first kappa shape index (κ1) is 13.0. The highest BCUT2D eigenvalue weighted by Gasteiger charge is 2.37. The third kappa shape index (κ3) is 3.22. The van der Waals surface area contributed by atoms with Crippen molar-refractivity contribution in [3.8, 4) is 0 Å². The van der Waals surface area contributed by atoms with E-state index < -0.39 is 11.0 Å². The molecule has 0 unspecified atom stereocenters. The van der Waals surface area contributed by atoms with Crippen molar-refractivity contribution in [1.29, 1.82) is 0 Å². The Morgan fingerprint density at radius 3 is 2.62 bits per heavy atom. The van der Waals surface area contributed by atoms with Crippen LogP contribution in [0, 0.1) is 0 Å². The van der Waals surface area contributed by atoms with Gasteiger partial charge in [0.2, 0.25) is 0 Å². The zero-order valence-electron chi connectivity index (χ0n) is 9.15. The molecule has 0 aromatic heterocycles. The SMILES string of the molecule is CCCCOC(=O)[C@](O)(Cl)c1ccccc1. The normalized spacial score (nSPS) is 14.2. The van der Waals surface area contributed by atoms with Crippen molar-refractivity contribution < 1.29 is 14.6 Å². The molecule has 1 aromatic rings. The summed E-state index contributed by atoms with van der Waals surface area (Å²) in [6.07, 6.45) is 1.67. The molecular weight excluding hydrogens is 228 g/mol. The van der Waals surface area contributed by atoms with Crippen molar-refractivity contribution in [2.75, 3.05) is 6.61 Å². The molecule has 0 heterocycles. The summed E-state index contributed by atoms with van der Waals surface area (Å²) in [7, 11) is 0. The summed E-state index contributed by atoms with van der Waals surface area (Å²) < 4.78 is 4.88. The number of unbranched alkanes of at least 4 members (excludes halogenated alkanes) is 1. The van der Waals surface area contributed by atoms with Gasteiger partial charge in [-0.15, -0.1) is 0 Å². The second-order valence-electron chi connectivity index (χ2n) is 3.48. The Morgan fingerprint density at radius 1 is 1.44 bits per heavy atom.